The topological polar surface area (TPSA) is 12.0 Å². The molecule has 2 fully saturated rings. The van der Waals surface area contributed by atoms with Crippen LogP contribution in [0.1, 0.15) is 6.42 Å². The fourth-order valence-electron chi connectivity index (χ4n) is 2.78. The molecule has 0 aliphatic carbocycles. The van der Waals surface area contributed by atoms with E-state index in [0.717, 1.165) is 11.8 Å². The third-order valence-electron chi connectivity index (χ3n) is 3.22. The van der Waals surface area contributed by atoms with E-state index in [2.05, 4.69) is 19.4 Å². The van der Waals surface area contributed by atoms with Gasteiger partial charge in [0.25, 0.3) is 0 Å². The third-order valence-corrected chi connectivity index (χ3v) is 3.22. The second-order valence-electron chi connectivity index (χ2n) is 4.81. The predicted molar refractivity (Wildman–Crippen MR) is 46.3 cm³/mol. The first kappa shape index (κ1) is 7.56. The summed E-state index contributed by atoms with van der Waals surface area (Å²) in [7, 11) is 4.72. The SMILES string of the molecule is C[N+]1(C)CC2CCNCC2C1. The summed E-state index contributed by atoms with van der Waals surface area (Å²) in [6.07, 6.45) is 1.41. The summed E-state index contributed by atoms with van der Waals surface area (Å²) in [6.45, 7) is 5.32. The average molecular weight is 155 g/mol. The lowest BCUT2D eigenvalue weighted by Crippen LogP contribution is -2.37. The number of likely N-dealkylation sites (tertiary alicyclic amines) is 1. The molecule has 2 nitrogen and oxygen atoms in total. The Morgan fingerprint density at radius 1 is 1.18 bits per heavy atom. The van der Waals surface area contributed by atoms with Gasteiger partial charge in [-0.2, -0.15) is 0 Å². The highest BCUT2D eigenvalue weighted by atomic mass is 15.3. The number of piperidine rings is 1. The molecule has 2 rings (SSSR count). The fraction of sp³-hybridized carbons (Fsp3) is 1.00. The zero-order valence-electron chi connectivity index (χ0n) is 7.64. The van der Waals surface area contributed by atoms with E-state index >= 15 is 0 Å². The van der Waals surface area contributed by atoms with Crippen molar-refractivity contribution in [3.63, 3.8) is 0 Å². The Bertz CT molecular complexity index is 138. The van der Waals surface area contributed by atoms with Crippen molar-refractivity contribution in [2.75, 3.05) is 40.3 Å². The van der Waals surface area contributed by atoms with Gasteiger partial charge in [-0.3, -0.25) is 0 Å². The highest BCUT2D eigenvalue weighted by molar-refractivity contribution is 4.81. The number of nitrogens with one attached hydrogen (secondary N) is 1. The van der Waals surface area contributed by atoms with Gasteiger partial charge >= 0.3 is 0 Å². The van der Waals surface area contributed by atoms with Crippen molar-refractivity contribution < 1.29 is 4.48 Å². The maximum absolute atomic E-state index is 3.48. The van der Waals surface area contributed by atoms with Crippen molar-refractivity contribution in [2.24, 2.45) is 11.8 Å². The molecule has 2 heterocycles. The third kappa shape index (κ3) is 1.42. The van der Waals surface area contributed by atoms with Crippen LogP contribution in [-0.2, 0) is 0 Å². The van der Waals surface area contributed by atoms with Gasteiger partial charge in [-0.05, 0) is 13.0 Å². The van der Waals surface area contributed by atoms with Crippen LogP contribution in [0.5, 0.6) is 0 Å². The molecule has 1 N–H and O–H groups in total. The van der Waals surface area contributed by atoms with Crippen molar-refractivity contribution >= 4 is 0 Å². The highest BCUT2D eigenvalue weighted by Crippen LogP contribution is 2.30. The Hall–Kier alpha value is -0.0800. The van der Waals surface area contributed by atoms with Crippen molar-refractivity contribution in [2.45, 2.75) is 6.42 Å². The highest BCUT2D eigenvalue weighted by Gasteiger charge is 2.40. The maximum Gasteiger partial charge on any atom is 0.0828 e. The zero-order valence-corrected chi connectivity index (χ0v) is 7.64. The van der Waals surface area contributed by atoms with Gasteiger partial charge in [0.05, 0.1) is 27.2 Å². The van der Waals surface area contributed by atoms with E-state index in [-0.39, 0.29) is 0 Å². The van der Waals surface area contributed by atoms with Crippen LogP contribution in [0.15, 0.2) is 0 Å². The summed E-state index contributed by atoms with van der Waals surface area (Å²) < 4.78 is 1.25. The van der Waals surface area contributed by atoms with Crippen molar-refractivity contribution in [1.29, 1.82) is 0 Å². The van der Waals surface area contributed by atoms with E-state index in [0.29, 0.717) is 0 Å². The molecule has 0 saturated carbocycles. The van der Waals surface area contributed by atoms with Gasteiger partial charge in [0.15, 0.2) is 0 Å². The van der Waals surface area contributed by atoms with Gasteiger partial charge in [-0.15, -0.1) is 0 Å². The van der Waals surface area contributed by atoms with Crippen LogP contribution in [0.25, 0.3) is 0 Å². The molecule has 0 aromatic rings. The van der Waals surface area contributed by atoms with Gasteiger partial charge in [0.2, 0.25) is 0 Å². The Morgan fingerprint density at radius 2 is 1.91 bits per heavy atom. The minimum atomic E-state index is 0.971. The summed E-state index contributed by atoms with van der Waals surface area (Å²) in [5.74, 6) is 1.99. The zero-order chi connectivity index (χ0) is 7.90. The monoisotopic (exact) mass is 155 g/mol. The second-order valence-corrected chi connectivity index (χ2v) is 4.81. The molecule has 0 bridgehead atoms. The van der Waals surface area contributed by atoms with E-state index in [9.17, 15) is 0 Å². The molecule has 11 heavy (non-hydrogen) atoms. The van der Waals surface area contributed by atoms with E-state index in [1.54, 1.807) is 0 Å². The Kier molecular flexibility index (Phi) is 1.69. The number of rotatable bonds is 0. The second kappa shape index (κ2) is 2.46. The first-order chi connectivity index (χ1) is 5.17. The number of quaternary nitrogens is 1. The lowest BCUT2D eigenvalue weighted by Gasteiger charge is -2.23. The molecule has 0 radical (unpaired) electrons. The maximum atomic E-state index is 3.48. The van der Waals surface area contributed by atoms with Crippen LogP contribution in [0.2, 0.25) is 0 Å². The van der Waals surface area contributed by atoms with Crippen LogP contribution in [0.3, 0.4) is 0 Å². The van der Waals surface area contributed by atoms with Crippen LogP contribution in [0, 0.1) is 11.8 Å². The largest absolute Gasteiger partial charge is 0.328 e. The predicted octanol–water partition coefficient (Wildman–Crippen LogP) is 0.302. The normalized spacial score (nSPS) is 42.0. The first-order valence-electron chi connectivity index (χ1n) is 4.70. The summed E-state index contributed by atoms with van der Waals surface area (Å²) in [5.41, 5.74) is 0. The molecular weight excluding hydrogens is 136 g/mol. The number of fused-ring (bicyclic) bond motifs is 1. The minimum absolute atomic E-state index is 0.971. The molecule has 0 aromatic carbocycles. The lowest BCUT2D eigenvalue weighted by molar-refractivity contribution is -0.880. The van der Waals surface area contributed by atoms with Gasteiger partial charge in [0, 0.05) is 18.4 Å². The molecule has 2 heteroatoms. The van der Waals surface area contributed by atoms with Crippen molar-refractivity contribution in [3.8, 4) is 0 Å². The summed E-state index contributed by atoms with van der Waals surface area (Å²) in [4.78, 5) is 0. The fourth-order valence-corrected chi connectivity index (χ4v) is 2.78. The molecule has 2 atom stereocenters. The van der Waals surface area contributed by atoms with Crippen LogP contribution in [0.4, 0.5) is 0 Å². The van der Waals surface area contributed by atoms with Gasteiger partial charge in [-0.25, -0.2) is 0 Å². The first-order valence-corrected chi connectivity index (χ1v) is 4.70. The summed E-state index contributed by atoms with van der Waals surface area (Å²) >= 11 is 0. The molecule has 2 aliphatic rings. The van der Waals surface area contributed by atoms with Gasteiger partial charge in [-0.1, -0.05) is 0 Å². The molecule has 2 unspecified atom stereocenters. The molecule has 2 saturated heterocycles. The van der Waals surface area contributed by atoms with Crippen LogP contribution >= 0.6 is 0 Å². The molecule has 0 amide bonds. The van der Waals surface area contributed by atoms with Crippen molar-refractivity contribution in [3.05, 3.63) is 0 Å². The van der Waals surface area contributed by atoms with E-state index < -0.39 is 0 Å². The summed E-state index contributed by atoms with van der Waals surface area (Å²) in [6, 6.07) is 0. The van der Waals surface area contributed by atoms with Crippen molar-refractivity contribution in [1.82, 2.24) is 5.32 Å². The molecule has 64 valence electrons. The Labute approximate surface area is 69.2 Å². The standard InChI is InChI=1S/C9H19N2/c1-11(2)6-8-3-4-10-5-9(8)7-11/h8-10H,3-7H2,1-2H3/q+1. The number of hydrogen-bond donors (Lipinski definition) is 1. The number of hydrogen-bond acceptors (Lipinski definition) is 1. The molecular formula is C9H19N2+. The van der Waals surface area contributed by atoms with E-state index in [4.69, 9.17) is 0 Å². The number of nitrogens with zero attached hydrogens (tertiary/aromatic N) is 1. The Morgan fingerprint density at radius 3 is 2.64 bits per heavy atom. The van der Waals surface area contributed by atoms with Gasteiger partial charge < -0.3 is 9.80 Å². The Balaban J connectivity index is 2.03. The average Bonchev–Trinajstić information content (AvgIpc) is 2.21. The smallest absolute Gasteiger partial charge is 0.0828 e. The van der Waals surface area contributed by atoms with Crippen LogP contribution in [-0.4, -0.2) is 44.8 Å². The molecule has 0 spiro atoms. The van der Waals surface area contributed by atoms with E-state index in [1.807, 2.05) is 0 Å². The van der Waals surface area contributed by atoms with Gasteiger partial charge in [0.1, 0.15) is 0 Å². The van der Waals surface area contributed by atoms with Crippen LogP contribution < -0.4 is 5.32 Å². The van der Waals surface area contributed by atoms with E-state index in [1.165, 1.54) is 37.1 Å². The lowest BCUT2D eigenvalue weighted by atomic mass is 9.90. The minimum Gasteiger partial charge on any atom is -0.328 e. The summed E-state index contributed by atoms with van der Waals surface area (Å²) in [5, 5.41) is 3.48. The quantitative estimate of drug-likeness (QED) is 0.496. The molecule has 2 aliphatic heterocycles. The molecule has 0 aromatic heterocycles.